The lowest BCUT2D eigenvalue weighted by Crippen LogP contribution is -2.50. The summed E-state index contributed by atoms with van der Waals surface area (Å²) in [5, 5.41) is 3.00. The van der Waals surface area contributed by atoms with Crippen LogP contribution in [-0.4, -0.2) is 37.1 Å². The zero-order valence-corrected chi connectivity index (χ0v) is 13.1. The van der Waals surface area contributed by atoms with Crippen molar-refractivity contribution in [2.75, 3.05) is 24.7 Å². The van der Waals surface area contributed by atoms with Crippen LogP contribution in [0.3, 0.4) is 0 Å². The third-order valence-electron chi connectivity index (χ3n) is 4.51. The van der Waals surface area contributed by atoms with Gasteiger partial charge in [0.15, 0.2) is 0 Å². The van der Waals surface area contributed by atoms with Gasteiger partial charge in [0.1, 0.15) is 5.92 Å². The Hall–Kier alpha value is -1.88. The van der Waals surface area contributed by atoms with Crippen LogP contribution in [0.5, 0.6) is 0 Å². The lowest BCUT2D eigenvalue weighted by molar-refractivity contribution is -0.133. The first-order chi connectivity index (χ1) is 10.5. The summed E-state index contributed by atoms with van der Waals surface area (Å²) < 4.78 is 5.34. The van der Waals surface area contributed by atoms with E-state index in [1.54, 1.807) is 4.90 Å². The zero-order chi connectivity index (χ0) is 15.7. The van der Waals surface area contributed by atoms with Gasteiger partial charge in [0.25, 0.3) is 0 Å². The highest BCUT2D eigenvalue weighted by Crippen LogP contribution is 2.27. The monoisotopic (exact) mass is 302 g/mol. The number of anilines is 1. The Morgan fingerprint density at radius 3 is 2.73 bits per heavy atom. The van der Waals surface area contributed by atoms with Crippen LogP contribution in [0.1, 0.15) is 25.3 Å². The van der Waals surface area contributed by atoms with Crippen molar-refractivity contribution >= 4 is 17.5 Å². The molecule has 2 atom stereocenters. The van der Waals surface area contributed by atoms with Crippen molar-refractivity contribution in [3.05, 3.63) is 29.8 Å². The summed E-state index contributed by atoms with van der Waals surface area (Å²) in [6.07, 6.45) is 1.36. The van der Waals surface area contributed by atoms with Gasteiger partial charge in [-0.2, -0.15) is 0 Å². The number of hydrogen-bond acceptors (Lipinski definition) is 3. The van der Waals surface area contributed by atoms with Gasteiger partial charge in [0.2, 0.25) is 11.8 Å². The van der Waals surface area contributed by atoms with Crippen molar-refractivity contribution in [3.63, 3.8) is 0 Å². The molecule has 2 heterocycles. The largest absolute Gasteiger partial charge is 0.379 e. The maximum atomic E-state index is 12.5. The molecule has 2 aliphatic rings. The SMILES string of the molecule is Cc1ccc(N2CC[C@@H](C(=O)N[C@@]3(C)CCOC3)C2=O)cc1. The van der Waals surface area contributed by atoms with Gasteiger partial charge in [-0.05, 0) is 38.8 Å². The van der Waals surface area contributed by atoms with Gasteiger partial charge < -0.3 is 15.0 Å². The summed E-state index contributed by atoms with van der Waals surface area (Å²) >= 11 is 0. The Morgan fingerprint density at radius 2 is 2.09 bits per heavy atom. The number of amides is 2. The Labute approximate surface area is 130 Å². The predicted octanol–water partition coefficient (Wildman–Crippen LogP) is 1.64. The summed E-state index contributed by atoms with van der Waals surface area (Å²) in [7, 11) is 0. The number of nitrogens with one attached hydrogen (secondary N) is 1. The molecule has 0 bridgehead atoms. The fourth-order valence-corrected chi connectivity index (χ4v) is 3.05. The minimum Gasteiger partial charge on any atom is -0.379 e. The third-order valence-corrected chi connectivity index (χ3v) is 4.51. The van der Waals surface area contributed by atoms with Crippen LogP contribution in [0.4, 0.5) is 5.69 Å². The second kappa shape index (κ2) is 5.72. The molecule has 22 heavy (non-hydrogen) atoms. The maximum Gasteiger partial charge on any atom is 0.239 e. The number of benzene rings is 1. The lowest BCUT2D eigenvalue weighted by atomic mass is 9.99. The Morgan fingerprint density at radius 1 is 1.36 bits per heavy atom. The molecule has 118 valence electrons. The van der Waals surface area contributed by atoms with Gasteiger partial charge in [0, 0.05) is 18.8 Å². The molecule has 1 N–H and O–H groups in total. The molecule has 0 spiro atoms. The van der Waals surface area contributed by atoms with Gasteiger partial charge in [-0.1, -0.05) is 17.7 Å². The minimum absolute atomic E-state index is 0.108. The number of aryl methyl sites for hydroxylation is 1. The number of hydrogen-bond donors (Lipinski definition) is 1. The summed E-state index contributed by atoms with van der Waals surface area (Å²) in [5.74, 6) is -0.866. The van der Waals surface area contributed by atoms with E-state index < -0.39 is 5.92 Å². The van der Waals surface area contributed by atoms with E-state index in [4.69, 9.17) is 4.74 Å². The molecule has 0 aliphatic carbocycles. The first-order valence-electron chi connectivity index (χ1n) is 7.76. The summed E-state index contributed by atoms with van der Waals surface area (Å²) in [6, 6.07) is 7.82. The molecule has 2 amide bonds. The number of carbonyl (C=O) groups is 2. The quantitative estimate of drug-likeness (QED) is 0.864. The molecule has 5 nitrogen and oxygen atoms in total. The van der Waals surface area contributed by atoms with Crippen molar-refractivity contribution in [2.45, 2.75) is 32.2 Å². The molecular formula is C17H22N2O3. The van der Waals surface area contributed by atoms with Crippen molar-refractivity contribution in [2.24, 2.45) is 5.92 Å². The molecule has 0 radical (unpaired) electrons. The molecule has 1 aromatic rings. The average Bonchev–Trinajstić information content (AvgIpc) is 3.06. The Balaban J connectivity index is 1.68. The van der Waals surface area contributed by atoms with Crippen LogP contribution in [0.15, 0.2) is 24.3 Å². The van der Waals surface area contributed by atoms with Gasteiger partial charge in [-0.25, -0.2) is 0 Å². The fraction of sp³-hybridized carbons (Fsp3) is 0.529. The van der Waals surface area contributed by atoms with Crippen molar-refractivity contribution in [3.8, 4) is 0 Å². The normalized spacial score (nSPS) is 28.2. The smallest absolute Gasteiger partial charge is 0.239 e. The molecule has 2 fully saturated rings. The van der Waals surface area contributed by atoms with Crippen LogP contribution in [-0.2, 0) is 14.3 Å². The van der Waals surface area contributed by atoms with Crippen molar-refractivity contribution in [1.29, 1.82) is 0 Å². The summed E-state index contributed by atoms with van der Waals surface area (Å²) in [4.78, 5) is 26.7. The molecule has 2 saturated heterocycles. The first-order valence-corrected chi connectivity index (χ1v) is 7.76. The van der Waals surface area contributed by atoms with Crippen LogP contribution in [0, 0.1) is 12.8 Å². The van der Waals surface area contributed by atoms with E-state index in [0.717, 1.165) is 17.7 Å². The molecule has 1 aromatic carbocycles. The van der Waals surface area contributed by atoms with E-state index in [9.17, 15) is 9.59 Å². The Kier molecular flexibility index (Phi) is 3.91. The van der Waals surface area contributed by atoms with Gasteiger partial charge in [-0.15, -0.1) is 0 Å². The summed E-state index contributed by atoms with van der Waals surface area (Å²) in [6.45, 7) is 5.74. The first kappa shape index (κ1) is 15.0. The van der Waals surface area contributed by atoms with Gasteiger partial charge in [0.05, 0.1) is 12.1 Å². The second-order valence-electron chi connectivity index (χ2n) is 6.52. The topological polar surface area (TPSA) is 58.6 Å². The number of nitrogens with zero attached hydrogens (tertiary/aromatic N) is 1. The summed E-state index contributed by atoms with van der Waals surface area (Å²) in [5.41, 5.74) is 1.68. The van der Waals surface area contributed by atoms with E-state index in [2.05, 4.69) is 5.32 Å². The van der Waals surface area contributed by atoms with E-state index >= 15 is 0 Å². The lowest BCUT2D eigenvalue weighted by Gasteiger charge is -2.25. The van der Waals surface area contributed by atoms with Crippen molar-refractivity contribution < 1.29 is 14.3 Å². The molecule has 0 unspecified atom stereocenters. The standard InChI is InChI=1S/C17H22N2O3/c1-12-3-5-13(6-4-12)19-9-7-14(16(19)21)15(20)18-17(2)8-10-22-11-17/h3-6,14H,7-11H2,1-2H3,(H,18,20)/t14-,17-/m0/s1. The van der Waals surface area contributed by atoms with E-state index in [1.807, 2.05) is 38.1 Å². The number of ether oxygens (including phenoxy) is 1. The Bertz CT molecular complexity index is 576. The zero-order valence-electron chi connectivity index (χ0n) is 13.1. The molecule has 5 heteroatoms. The molecule has 2 aliphatic heterocycles. The van der Waals surface area contributed by atoms with Crippen LogP contribution >= 0.6 is 0 Å². The van der Waals surface area contributed by atoms with E-state index in [-0.39, 0.29) is 17.4 Å². The highest BCUT2D eigenvalue weighted by atomic mass is 16.5. The highest BCUT2D eigenvalue weighted by molar-refractivity contribution is 6.09. The van der Waals surface area contributed by atoms with Gasteiger partial charge in [-0.3, -0.25) is 9.59 Å². The van der Waals surface area contributed by atoms with Crippen LogP contribution < -0.4 is 10.2 Å². The number of rotatable bonds is 3. The van der Waals surface area contributed by atoms with Crippen LogP contribution in [0.2, 0.25) is 0 Å². The van der Waals surface area contributed by atoms with E-state index in [0.29, 0.717) is 26.2 Å². The third kappa shape index (κ3) is 2.86. The number of carbonyl (C=O) groups excluding carboxylic acids is 2. The fourth-order valence-electron chi connectivity index (χ4n) is 3.05. The predicted molar refractivity (Wildman–Crippen MR) is 83.6 cm³/mol. The molecule has 0 aromatic heterocycles. The van der Waals surface area contributed by atoms with Crippen LogP contribution in [0.25, 0.3) is 0 Å². The average molecular weight is 302 g/mol. The van der Waals surface area contributed by atoms with Crippen molar-refractivity contribution in [1.82, 2.24) is 5.32 Å². The molecule has 3 rings (SSSR count). The van der Waals surface area contributed by atoms with E-state index in [1.165, 1.54) is 0 Å². The molecule has 0 saturated carbocycles. The maximum absolute atomic E-state index is 12.5. The minimum atomic E-state index is -0.585. The van der Waals surface area contributed by atoms with Gasteiger partial charge >= 0.3 is 0 Å². The second-order valence-corrected chi connectivity index (χ2v) is 6.52. The highest BCUT2D eigenvalue weighted by Gasteiger charge is 2.41. The molecular weight excluding hydrogens is 280 g/mol.